The Hall–Kier alpha value is -2.28. The minimum absolute atomic E-state index is 0.278. The van der Waals surface area contributed by atoms with Crippen LogP contribution in [-0.2, 0) is 4.79 Å². The average molecular weight is 294 g/mol. The van der Waals surface area contributed by atoms with E-state index in [0.29, 0.717) is 28.5 Å². The molecule has 7 heteroatoms. The number of rotatable bonds is 4. The molecule has 1 aromatic carbocycles. The maximum absolute atomic E-state index is 11.6. The van der Waals surface area contributed by atoms with Crippen molar-refractivity contribution in [2.24, 2.45) is 0 Å². The number of hydrogen-bond donors (Lipinski definition) is 2. The minimum atomic E-state index is -0.285. The fraction of sp³-hybridized carbons (Fsp3) is 0.231. The van der Waals surface area contributed by atoms with Crippen LogP contribution in [0.4, 0.5) is 0 Å². The topological polar surface area (TPSA) is 68.8 Å². The number of nitrogens with one attached hydrogen (secondary N) is 2. The lowest BCUT2D eigenvalue weighted by Gasteiger charge is -2.12. The Morgan fingerprint density at radius 3 is 2.10 bits per heavy atom. The van der Waals surface area contributed by atoms with E-state index in [0.717, 1.165) is 0 Å². The normalized spacial score (nSPS) is 15.8. The van der Waals surface area contributed by atoms with Gasteiger partial charge in [-0.15, -0.1) is 0 Å². The highest BCUT2D eigenvalue weighted by Gasteiger charge is 2.21. The number of methoxy groups -OCH3 is 3. The molecule has 0 unspecified atom stereocenters. The van der Waals surface area contributed by atoms with E-state index in [1.54, 1.807) is 25.3 Å². The SMILES string of the molecule is COc1cc(OC)c(OC)cc1/C=C1/NC(=S)NC1=O. The van der Waals surface area contributed by atoms with Gasteiger partial charge >= 0.3 is 0 Å². The van der Waals surface area contributed by atoms with Gasteiger partial charge in [-0.2, -0.15) is 0 Å². The fourth-order valence-electron chi connectivity index (χ4n) is 1.80. The van der Waals surface area contributed by atoms with Crippen LogP contribution < -0.4 is 24.8 Å². The van der Waals surface area contributed by atoms with Gasteiger partial charge in [0.15, 0.2) is 16.6 Å². The van der Waals surface area contributed by atoms with Crippen molar-refractivity contribution >= 4 is 29.3 Å². The fourth-order valence-corrected chi connectivity index (χ4v) is 2.01. The van der Waals surface area contributed by atoms with Gasteiger partial charge in [-0.25, -0.2) is 0 Å². The lowest BCUT2D eigenvalue weighted by Crippen LogP contribution is -2.21. The highest BCUT2D eigenvalue weighted by molar-refractivity contribution is 7.80. The molecule has 2 rings (SSSR count). The number of hydrogen-bond acceptors (Lipinski definition) is 5. The summed E-state index contributed by atoms with van der Waals surface area (Å²) >= 11 is 4.88. The van der Waals surface area contributed by atoms with E-state index in [2.05, 4.69) is 10.6 Å². The zero-order valence-electron chi connectivity index (χ0n) is 11.3. The molecule has 0 aromatic heterocycles. The van der Waals surface area contributed by atoms with Crippen molar-refractivity contribution in [3.63, 3.8) is 0 Å². The largest absolute Gasteiger partial charge is 0.496 e. The van der Waals surface area contributed by atoms with Gasteiger partial charge in [-0.3, -0.25) is 10.1 Å². The summed E-state index contributed by atoms with van der Waals surface area (Å²) < 4.78 is 15.7. The molecule has 20 heavy (non-hydrogen) atoms. The summed E-state index contributed by atoms with van der Waals surface area (Å²) in [6.45, 7) is 0. The maximum atomic E-state index is 11.6. The first-order chi connectivity index (χ1) is 9.58. The molecule has 6 nitrogen and oxygen atoms in total. The molecular formula is C13H14N2O4S. The van der Waals surface area contributed by atoms with E-state index in [9.17, 15) is 4.79 Å². The molecule has 1 amide bonds. The third-order valence-corrected chi connectivity index (χ3v) is 2.96. The van der Waals surface area contributed by atoms with E-state index in [1.165, 1.54) is 14.2 Å². The molecule has 0 spiro atoms. The lowest BCUT2D eigenvalue weighted by molar-refractivity contribution is -0.115. The van der Waals surface area contributed by atoms with Gasteiger partial charge in [0.25, 0.3) is 5.91 Å². The van der Waals surface area contributed by atoms with E-state index in [4.69, 9.17) is 26.4 Å². The van der Waals surface area contributed by atoms with E-state index in [1.807, 2.05) is 0 Å². The molecule has 106 valence electrons. The first kappa shape index (κ1) is 14.1. The van der Waals surface area contributed by atoms with Crippen molar-refractivity contribution in [3.05, 3.63) is 23.4 Å². The molecule has 1 aliphatic heterocycles. The molecule has 0 aliphatic carbocycles. The molecule has 0 radical (unpaired) electrons. The third-order valence-electron chi connectivity index (χ3n) is 2.76. The molecular weight excluding hydrogens is 280 g/mol. The summed E-state index contributed by atoms with van der Waals surface area (Å²) in [5.74, 6) is 1.36. The highest BCUT2D eigenvalue weighted by Crippen LogP contribution is 2.35. The van der Waals surface area contributed by atoms with Crippen molar-refractivity contribution in [1.82, 2.24) is 10.6 Å². The Labute approximate surface area is 121 Å². The number of ether oxygens (including phenoxy) is 3. The Balaban J connectivity index is 2.48. The second-order valence-electron chi connectivity index (χ2n) is 3.92. The molecule has 1 aliphatic rings. The third kappa shape index (κ3) is 2.67. The number of benzene rings is 1. The summed E-state index contributed by atoms with van der Waals surface area (Å²) in [7, 11) is 4.62. The second kappa shape index (κ2) is 5.79. The van der Waals surface area contributed by atoms with Crippen LogP contribution in [0.1, 0.15) is 5.56 Å². The van der Waals surface area contributed by atoms with Crippen molar-refractivity contribution in [3.8, 4) is 17.2 Å². The van der Waals surface area contributed by atoms with Crippen LogP contribution in [0.3, 0.4) is 0 Å². The summed E-state index contributed by atoms with van der Waals surface area (Å²) in [4.78, 5) is 11.6. The van der Waals surface area contributed by atoms with Gasteiger partial charge in [0.2, 0.25) is 0 Å². The average Bonchev–Trinajstić information content (AvgIpc) is 2.76. The molecule has 1 saturated heterocycles. The number of amides is 1. The highest BCUT2D eigenvalue weighted by atomic mass is 32.1. The molecule has 0 bridgehead atoms. The van der Waals surface area contributed by atoms with Crippen LogP contribution in [0.2, 0.25) is 0 Å². The zero-order valence-corrected chi connectivity index (χ0v) is 12.1. The molecule has 1 fully saturated rings. The summed E-state index contributed by atoms with van der Waals surface area (Å²) in [6.07, 6.45) is 1.63. The standard InChI is InChI=1S/C13H14N2O4S/c1-17-9-6-11(19-3)10(18-2)5-7(9)4-8-12(16)15-13(20)14-8/h4-6H,1-3H3,(H2,14,15,16,20)/b8-4+. The number of carbonyl (C=O) groups excluding carboxylic acids is 1. The quantitative estimate of drug-likeness (QED) is 0.639. The maximum Gasteiger partial charge on any atom is 0.273 e. The predicted octanol–water partition coefficient (Wildman–Crippen LogP) is 1.06. The van der Waals surface area contributed by atoms with Crippen molar-refractivity contribution < 1.29 is 19.0 Å². The van der Waals surface area contributed by atoms with Gasteiger partial charge in [0, 0.05) is 11.6 Å². The molecule has 0 atom stereocenters. The molecule has 2 N–H and O–H groups in total. The monoisotopic (exact) mass is 294 g/mol. The second-order valence-corrected chi connectivity index (χ2v) is 4.32. The summed E-state index contributed by atoms with van der Waals surface area (Å²) in [5.41, 5.74) is 1.02. The Kier molecular flexibility index (Phi) is 4.09. The lowest BCUT2D eigenvalue weighted by atomic mass is 10.1. The predicted molar refractivity (Wildman–Crippen MR) is 78.0 cm³/mol. The van der Waals surface area contributed by atoms with Crippen LogP contribution in [0, 0.1) is 0 Å². The first-order valence-electron chi connectivity index (χ1n) is 5.73. The van der Waals surface area contributed by atoms with Crippen molar-refractivity contribution in [2.75, 3.05) is 21.3 Å². The minimum Gasteiger partial charge on any atom is -0.496 e. The van der Waals surface area contributed by atoms with Gasteiger partial charge < -0.3 is 19.5 Å². The Morgan fingerprint density at radius 2 is 1.60 bits per heavy atom. The van der Waals surface area contributed by atoms with Crippen LogP contribution >= 0.6 is 12.2 Å². The van der Waals surface area contributed by atoms with Gasteiger partial charge in [-0.1, -0.05) is 0 Å². The van der Waals surface area contributed by atoms with Gasteiger partial charge in [-0.05, 0) is 24.4 Å². The molecule has 0 saturated carbocycles. The molecule has 1 aromatic rings. The summed E-state index contributed by atoms with van der Waals surface area (Å²) in [5, 5.41) is 5.54. The van der Waals surface area contributed by atoms with E-state index in [-0.39, 0.29) is 11.0 Å². The van der Waals surface area contributed by atoms with E-state index >= 15 is 0 Å². The van der Waals surface area contributed by atoms with Crippen molar-refractivity contribution in [1.29, 1.82) is 0 Å². The van der Waals surface area contributed by atoms with Crippen LogP contribution in [-0.4, -0.2) is 32.3 Å². The zero-order chi connectivity index (χ0) is 14.7. The van der Waals surface area contributed by atoms with Crippen LogP contribution in [0.15, 0.2) is 17.8 Å². The smallest absolute Gasteiger partial charge is 0.273 e. The first-order valence-corrected chi connectivity index (χ1v) is 6.14. The van der Waals surface area contributed by atoms with Crippen molar-refractivity contribution in [2.45, 2.75) is 0 Å². The van der Waals surface area contributed by atoms with E-state index < -0.39 is 0 Å². The van der Waals surface area contributed by atoms with Gasteiger partial charge in [0.1, 0.15) is 11.4 Å². The van der Waals surface area contributed by atoms with Gasteiger partial charge in [0.05, 0.1) is 21.3 Å². The summed E-state index contributed by atoms with van der Waals surface area (Å²) in [6, 6.07) is 3.41. The number of carbonyl (C=O) groups is 1. The van der Waals surface area contributed by atoms with Crippen LogP contribution in [0.5, 0.6) is 17.2 Å². The molecule has 1 heterocycles. The number of thiocarbonyl (C=S) groups is 1. The Morgan fingerprint density at radius 1 is 1.00 bits per heavy atom. The Bertz CT molecular complexity index is 598. The van der Waals surface area contributed by atoms with Crippen LogP contribution in [0.25, 0.3) is 6.08 Å².